The molecule has 0 aliphatic carbocycles. The van der Waals surface area contributed by atoms with Gasteiger partial charge < -0.3 is 10.1 Å². The van der Waals surface area contributed by atoms with E-state index in [4.69, 9.17) is 4.74 Å². The summed E-state index contributed by atoms with van der Waals surface area (Å²) < 4.78 is 5.10. The van der Waals surface area contributed by atoms with Gasteiger partial charge in [0, 0.05) is 23.0 Å². The van der Waals surface area contributed by atoms with E-state index in [-0.39, 0.29) is 5.91 Å². The quantitative estimate of drug-likeness (QED) is 0.871. The molecule has 18 heavy (non-hydrogen) atoms. The lowest BCUT2D eigenvalue weighted by Crippen LogP contribution is -2.13. The second kappa shape index (κ2) is 4.91. The van der Waals surface area contributed by atoms with Crippen LogP contribution in [0.25, 0.3) is 0 Å². The normalized spacial score (nSPS) is 10.2. The SMILES string of the molecule is COc1cccc(NC(=O)c2n[nH]c(C)c2C)c1. The number of aromatic amines is 1. The number of amides is 1. The molecule has 0 aliphatic rings. The standard InChI is InChI=1S/C13H15N3O2/c1-8-9(2)15-16-12(8)13(17)14-10-5-4-6-11(7-10)18-3/h4-7H,1-3H3,(H,14,17)(H,15,16). The first-order valence-corrected chi connectivity index (χ1v) is 5.59. The molecule has 1 aromatic heterocycles. The molecule has 0 radical (unpaired) electrons. The summed E-state index contributed by atoms with van der Waals surface area (Å²) in [6.07, 6.45) is 0. The number of benzene rings is 1. The second-order valence-corrected chi connectivity index (χ2v) is 4.01. The summed E-state index contributed by atoms with van der Waals surface area (Å²) in [6, 6.07) is 7.19. The molecule has 1 aromatic carbocycles. The summed E-state index contributed by atoms with van der Waals surface area (Å²) in [6.45, 7) is 3.74. The van der Waals surface area contributed by atoms with E-state index in [0.717, 1.165) is 11.3 Å². The Morgan fingerprint density at radius 2 is 2.17 bits per heavy atom. The van der Waals surface area contributed by atoms with Gasteiger partial charge in [0.15, 0.2) is 5.69 Å². The van der Waals surface area contributed by atoms with E-state index in [0.29, 0.717) is 17.1 Å². The number of hydrogen-bond donors (Lipinski definition) is 2. The zero-order valence-corrected chi connectivity index (χ0v) is 10.6. The minimum absolute atomic E-state index is 0.231. The minimum atomic E-state index is -0.231. The van der Waals surface area contributed by atoms with Crippen LogP contribution in [0, 0.1) is 13.8 Å². The third-order valence-electron chi connectivity index (χ3n) is 2.80. The summed E-state index contributed by atoms with van der Waals surface area (Å²) in [5.74, 6) is 0.466. The van der Waals surface area contributed by atoms with Gasteiger partial charge >= 0.3 is 0 Å². The van der Waals surface area contributed by atoms with Crippen LogP contribution in [-0.2, 0) is 0 Å². The number of ether oxygens (including phenoxy) is 1. The van der Waals surface area contributed by atoms with Gasteiger partial charge in [-0.1, -0.05) is 6.07 Å². The zero-order chi connectivity index (χ0) is 13.1. The van der Waals surface area contributed by atoms with Gasteiger partial charge in [-0.15, -0.1) is 0 Å². The molecule has 0 atom stereocenters. The highest BCUT2D eigenvalue weighted by Gasteiger charge is 2.14. The van der Waals surface area contributed by atoms with Crippen molar-refractivity contribution in [1.29, 1.82) is 0 Å². The van der Waals surface area contributed by atoms with Crippen molar-refractivity contribution in [3.63, 3.8) is 0 Å². The van der Waals surface area contributed by atoms with E-state index in [1.165, 1.54) is 0 Å². The highest BCUT2D eigenvalue weighted by Crippen LogP contribution is 2.18. The molecule has 0 spiro atoms. The molecule has 2 rings (SSSR count). The maximum absolute atomic E-state index is 12.0. The van der Waals surface area contributed by atoms with E-state index in [9.17, 15) is 4.79 Å². The van der Waals surface area contributed by atoms with Crippen LogP contribution in [-0.4, -0.2) is 23.2 Å². The number of H-pyrrole nitrogens is 1. The van der Waals surface area contributed by atoms with Gasteiger partial charge in [0.1, 0.15) is 5.75 Å². The molecule has 94 valence electrons. The van der Waals surface area contributed by atoms with Crippen LogP contribution >= 0.6 is 0 Å². The van der Waals surface area contributed by atoms with Crippen LogP contribution in [0.5, 0.6) is 5.75 Å². The van der Waals surface area contributed by atoms with Crippen molar-refractivity contribution in [3.05, 3.63) is 41.2 Å². The summed E-state index contributed by atoms with van der Waals surface area (Å²) in [7, 11) is 1.59. The molecule has 2 aromatic rings. The third-order valence-corrected chi connectivity index (χ3v) is 2.80. The van der Waals surface area contributed by atoms with Gasteiger partial charge in [-0.25, -0.2) is 0 Å². The number of aromatic nitrogens is 2. The number of hydrogen-bond acceptors (Lipinski definition) is 3. The minimum Gasteiger partial charge on any atom is -0.497 e. The lowest BCUT2D eigenvalue weighted by atomic mass is 10.2. The van der Waals surface area contributed by atoms with Gasteiger partial charge in [0.2, 0.25) is 0 Å². The molecule has 0 saturated heterocycles. The summed E-state index contributed by atoms with van der Waals surface area (Å²) in [5.41, 5.74) is 2.84. The predicted octanol–water partition coefficient (Wildman–Crippen LogP) is 2.29. The highest BCUT2D eigenvalue weighted by molar-refractivity contribution is 6.04. The molecule has 0 fully saturated rings. The number of nitrogens with one attached hydrogen (secondary N) is 2. The number of rotatable bonds is 3. The number of aryl methyl sites for hydroxylation is 1. The van der Waals surface area contributed by atoms with Gasteiger partial charge in [0.25, 0.3) is 5.91 Å². The molecule has 0 aliphatic heterocycles. The average molecular weight is 245 g/mol. The molecule has 1 amide bonds. The number of anilines is 1. The lowest BCUT2D eigenvalue weighted by molar-refractivity contribution is 0.102. The number of nitrogens with zero attached hydrogens (tertiary/aromatic N) is 1. The average Bonchev–Trinajstić information content (AvgIpc) is 2.70. The van der Waals surface area contributed by atoms with E-state index >= 15 is 0 Å². The summed E-state index contributed by atoms with van der Waals surface area (Å²) >= 11 is 0. The Bertz CT molecular complexity index is 575. The van der Waals surface area contributed by atoms with Crippen LogP contribution in [0.15, 0.2) is 24.3 Å². The Morgan fingerprint density at radius 1 is 1.39 bits per heavy atom. The smallest absolute Gasteiger partial charge is 0.276 e. The molecule has 5 heteroatoms. The molecule has 0 bridgehead atoms. The van der Waals surface area contributed by atoms with E-state index in [1.54, 1.807) is 19.2 Å². The Labute approximate surface area is 105 Å². The monoisotopic (exact) mass is 245 g/mol. The second-order valence-electron chi connectivity index (χ2n) is 4.01. The Morgan fingerprint density at radius 3 is 2.78 bits per heavy atom. The van der Waals surface area contributed by atoms with Crippen molar-refractivity contribution >= 4 is 11.6 Å². The number of methoxy groups -OCH3 is 1. The topological polar surface area (TPSA) is 67.0 Å². The molecule has 0 unspecified atom stereocenters. The van der Waals surface area contributed by atoms with Gasteiger partial charge in [0.05, 0.1) is 7.11 Å². The van der Waals surface area contributed by atoms with Crippen LogP contribution < -0.4 is 10.1 Å². The first-order valence-electron chi connectivity index (χ1n) is 5.59. The highest BCUT2D eigenvalue weighted by atomic mass is 16.5. The summed E-state index contributed by atoms with van der Waals surface area (Å²) in [5, 5.41) is 9.56. The first kappa shape index (κ1) is 12.2. The molecule has 2 N–H and O–H groups in total. The van der Waals surface area contributed by atoms with E-state index in [1.807, 2.05) is 26.0 Å². The number of carbonyl (C=O) groups is 1. The number of carbonyl (C=O) groups excluding carboxylic acids is 1. The Balaban J connectivity index is 2.18. The molecule has 1 heterocycles. The Hall–Kier alpha value is -2.30. The van der Waals surface area contributed by atoms with Gasteiger partial charge in [-0.3, -0.25) is 9.89 Å². The van der Waals surface area contributed by atoms with Crippen LogP contribution in [0.3, 0.4) is 0 Å². The van der Waals surface area contributed by atoms with E-state index in [2.05, 4.69) is 15.5 Å². The van der Waals surface area contributed by atoms with Gasteiger partial charge in [-0.2, -0.15) is 5.10 Å². The van der Waals surface area contributed by atoms with Gasteiger partial charge in [-0.05, 0) is 26.0 Å². The maximum Gasteiger partial charge on any atom is 0.276 e. The molecular weight excluding hydrogens is 230 g/mol. The lowest BCUT2D eigenvalue weighted by Gasteiger charge is -2.05. The van der Waals surface area contributed by atoms with Crippen molar-refractivity contribution in [3.8, 4) is 5.75 Å². The first-order chi connectivity index (χ1) is 8.61. The largest absolute Gasteiger partial charge is 0.497 e. The van der Waals surface area contributed by atoms with E-state index < -0.39 is 0 Å². The molecule has 5 nitrogen and oxygen atoms in total. The molecular formula is C13H15N3O2. The van der Waals surface area contributed by atoms with Crippen molar-refractivity contribution < 1.29 is 9.53 Å². The fourth-order valence-electron chi connectivity index (χ4n) is 1.60. The van der Waals surface area contributed by atoms with Crippen molar-refractivity contribution in [2.24, 2.45) is 0 Å². The zero-order valence-electron chi connectivity index (χ0n) is 10.6. The van der Waals surface area contributed by atoms with Crippen LogP contribution in [0.4, 0.5) is 5.69 Å². The third kappa shape index (κ3) is 2.34. The predicted molar refractivity (Wildman–Crippen MR) is 69.0 cm³/mol. The van der Waals surface area contributed by atoms with Crippen LogP contribution in [0.2, 0.25) is 0 Å². The fourth-order valence-corrected chi connectivity index (χ4v) is 1.60. The van der Waals surface area contributed by atoms with Crippen LogP contribution in [0.1, 0.15) is 21.7 Å². The van der Waals surface area contributed by atoms with Crippen molar-refractivity contribution in [1.82, 2.24) is 10.2 Å². The molecule has 0 saturated carbocycles. The summed E-state index contributed by atoms with van der Waals surface area (Å²) in [4.78, 5) is 12.0. The van der Waals surface area contributed by atoms with Crippen molar-refractivity contribution in [2.75, 3.05) is 12.4 Å². The van der Waals surface area contributed by atoms with Crippen molar-refractivity contribution in [2.45, 2.75) is 13.8 Å². The fraction of sp³-hybridized carbons (Fsp3) is 0.231. The Kier molecular flexibility index (Phi) is 3.32. The maximum atomic E-state index is 12.0.